The Morgan fingerprint density at radius 1 is 1.19 bits per heavy atom. The second-order valence-corrected chi connectivity index (χ2v) is 8.03. The van der Waals surface area contributed by atoms with Gasteiger partial charge in [-0.25, -0.2) is 13.6 Å². The number of nitrogens with one attached hydrogen (secondary N) is 1. The molecular weight excluding hydrogens is 402 g/mol. The monoisotopic (exact) mass is 420 g/mol. The summed E-state index contributed by atoms with van der Waals surface area (Å²) in [6.45, 7) is 0.180. The fourth-order valence-corrected chi connectivity index (χ4v) is 4.65. The number of benzene rings is 2. The molecule has 31 heavy (non-hydrogen) atoms. The van der Waals surface area contributed by atoms with Gasteiger partial charge in [-0.2, -0.15) is 5.26 Å². The van der Waals surface area contributed by atoms with Gasteiger partial charge in [-0.1, -0.05) is 18.2 Å². The van der Waals surface area contributed by atoms with Crippen LogP contribution in [0.2, 0.25) is 0 Å². The Morgan fingerprint density at radius 2 is 1.97 bits per heavy atom. The van der Waals surface area contributed by atoms with E-state index in [0.717, 1.165) is 18.1 Å². The van der Waals surface area contributed by atoms with E-state index in [-0.39, 0.29) is 42.2 Å². The van der Waals surface area contributed by atoms with E-state index in [4.69, 9.17) is 5.26 Å². The summed E-state index contributed by atoms with van der Waals surface area (Å²) in [6, 6.07) is 11.2. The summed E-state index contributed by atoms with van der Waals surface area (Å²) in [5.41, 5.74) is 3.08. The van der Waals surface area contributed by atoms with Crippen LogP contribution in [0.1, 0.15) is 23.1 Å². The van der Waals surface area contributed by atoms with Gasteiger partial charge in [0.05, 0.1) is 29.9 Å². The zero-order valence-corrected chi connectivity index (χ0v) is 16.4. The Bertz CT molecular complexity index is 1170. The van der Waals surface area contributed by atoms with Crippen LogP contribution < -0.4 is 5.32 Å². The first-order valence-electron chi connectivity index (χ1n) is 9.99. The molecule has 2 heterocycles. The molecule has 1 aliphatic carbocycles. The molecule has 5 rings (SSSR count). The van der Waals surface area contributed by atoms with Crippen LogP contribution in [0.3, 0.4) is 0 Å². The highest BCUT2D eigenvalue weighted by atomic mass is 19.2. The van der Waals surface area contributed by atoms with Crippen LogP contribution in [-0.2, 0) is 11.3 Å². The predicted molar refractivity (Wildman–Crippen MR) is 109 cm³/mol. The highest BCUT2D eigenvalue weighted by molar-refractivity contribution is 5.95. The number of hydrogen-bond donors (Lipinski definition) is 1. The third-order valence-corrected chi connectivity index (χ3v) is 6.22. The van der Waals surface area contributed by atoms with Crippen LogP contribution in [0.15, 0.2) is 42.5 Å². The molecule has 1 fully saturated rings. The molecule has 2 aliphatic heterocycles. The molecule has 2 aromatic carbocycles. The minimum Gasteiger partial charge on any atom is -0.334 e. The van der Waals surface area contributed by atoms with Crippen LogP contribution in [0.25, 0.3) is 5.57 Å². The lowest BCUT2D eigenvalue weighted by molar-refractivity contribution is -0.132. The fourth-order valence-electron chi connectivity index (χ4n) is 4.65. The van der Waals surface area contributed by atoms with Crippen LogP contribution in [-0.4, -0.2) is 40.9 Å². The van der Waals surface area contributed by atoms with Gasteiger partial charge in [-0.3, -0.25) is 4.79 Å². The maximum absolute atomic E-state index is 14.1. The van der Waals surface area contributed by atoms with E-state index in [1.807, 2.05) is 12.1 Å². The second-order valence-electron chi connectivity index (χ2n) is 8.03. The van der Waals surface area contributed by atoms with E-state index in [0.29, 0.717) is 12.1 Å². The molecule has 0 radical (unpaired) electrons. The maximum atomic E-state index is 14.1. The number of halogens is 2. The van der Waals surface area contributed by atoms with Gasteiger partial charge in [-0.15, -0.1) is 0 Å². The number of hydrogen-bond acceptors (Lipinski definition) is 3. The molecule has 2 aromatic rings. The number of carbonyl (C=O) groups is 2. The SMILES string of the molecule is N#Cc1ccc(C2=C[C@H]3C[C@@H]2CN3C(=O)CN2Cc3c(ccc(F)c3F)NC2=O)cc1. The summed E-state index contributed by atoms with van der Waals surface area (Å²) in [5.74, 6) is -2.02. The number of amides is 3. The summed E-state index contributed by atoms with van der Waals surface area (Å²) < 4.78 is 27.7. The Hall–Kier alpha value is -3.73. The van der Waals surface area contributed by atoms with Gasteiger partial charge in [0.1, 0.15) is 6.54 Å². The minimum atomic E-state index is -1.01. The quantitative estimate of drug-likeness (QED) is 0.826. The second kappa shape index (κ2) is 7.20. The zero-order valence-electron chi connectivity index (χ0n) is 16.4. The molecule has 6 nitrogen and oxygen atoms in total. The summed E-state index contributed by atoms with van der Waals surface area (Å²) in [6.07, 6.45) is 2.88. The Kier molecular flexibility index (Phi) is 4.47. The van der Waals surface area contributed by atoms with Gasteiger partial charge in [0.25, 0.3) is 0 Å². The number of nitriles is 1. The minimum absolute atomic E-state index is 0.0401. The fraction of sp³-hybridized carbons (Fsp3) is 0.261. The van der Waals surface area contributed by atoms with Crippen LogP contribution in [0.4, 0.5) is 19.3 Å². The van der Waals surface area contributed by atoms with E-state index in [1.54, 1.807) is 17.0 Å². The number of nitrogens with zero attached hydrogens (tertiary/aromatic N) is 3. The molecule has 2 bridgehead atoms. The van der Waals surface area contributed by atoms with Crippen molar-refractivity contribution < 1.29 is 18.4 Å². The molecule has 0 unspecified atom stereocenters. The van der Waals surface area contributed by atoms with Crippen molar-refractivity contribution in [1.82, 2.24) is 9.80 Å². The van der Waals surface area contributed by atoms with Crippen LogP contribution in [0.5, 0.6) is 0 Å². The first-order valence-corrected chi connectivity index (χ1v) is 9.99. The maximum Gasteiger partial charge on any atom is 0.322 e. The lowest BCUT2D eigenvalue weighted by Crippen LogP contribution is -2.47. The van der Waals surface area contributed by atoms with Crippen molar-refractivity contribution in [2.75, 3.05) is 18.4 Å². The summed E-state index contributed by atoms with van der Waals surface area (Å²) >= 11 is 0. The summed E-state index contributed by atoms with van der Waals surface area (Å²) in [5, 5.41) is 11.5. The number of likely N-dealkylation sites (tertiary alicyclic amines) is 1. The third kappa shape index (κ3) is 3.22. The number of fused-ring (bicyclic) bond motifs is 3. The van der Waals surface area contributed by atoms with Crippen molar-refractivity contribution in [2.45, 2.75) is 19.0 Å². The first-order chi connectivity index (χ1) is 14.9. The van der Waals surface area contributed by atoms with E-state index in [1.165, 1.54) is 16.5 Å². The highest BCUT2D eigenvalue weighted by Crippen LogP contribution is 2.42. The van der Waals surface area contributed by atoms with Gasteiger partial charge in [0, 0.05) is 18.0 Å². The van der Waals surface area contributed by atoms with Crippen LogP contribution in [0, 0.1) is 28.9 Å². The Balaban J connectivity index is 1.29. The molecule has 3 aliphatic rings. The third-order valence-electron chi connectivity index (χ3n) is 6.22. The summed E-state index contributed by atoms with van der Waals surface area (Å²) in [4.78, 5) is 28.2. The molecule has 2 atom stereocenters. The molecular formula is C23H18F2N4O2. The number of urea groups is 1. The van der Waals surface area contributed by atoms with E-state index < -0.39 is 17.7 Å². The molecule has 156 valence electrons. The van der Waals surface area contributed by atoms with E-state index in [2.05, 4.69) is 17.5 Å². The van der Waals surface area contributed by atoms with Gasteiger partial charge in [0.15, 0.2) is 11.6 Å². The number of carbonyl (C=O) groups excluding carboxylic acids is 2. The number of anilines is 1. The summed E-state index contributed by atoms with van der Waals surface area (Å²) in [7, 11) is 0. The van der Waals surface area contributed by atoms with Crippen molar-refractivity contribution in [2.24, 2.45) is 5.92 Å². The lowest BCUT2D eigenvalue weighted by Gasteiger charge is -2.32. The van der Waals surface area contributed by atoms with Gasteiger partial charge in [0.2, 0.25) is 5.91 Å². The molecule has 8 heteroatoms. The van der Waals surface area contributed by atoms with Crippen LogP contribution >= 0.6 is 0 Å². The van der Waals surface area contributed by atoms with Crippen molar-refractivity contribution in [3.8, 4) is 6.07 Å². The molecule has 0 aromatic heterocycles. The smallest absolute Gasteiger partial charge is 0.322 e. The van der Waals surface area contributed by atoms with Crippen molar-refractivity contribution in [3.05, 3.63) is 70.8 Å². The molecule has 3 amide bonds. The number of rotatable bonds is 3. The average Bonchev–Trinajstić information content (AvgIpc) is 3.39. The molecule has 0 spiro atoms. The zero-order chi connectivity index (χ0) is 21.7. The lowest BCUT2D eigenvalue weighted by atomic mass is 9.95. The molecule has 0 saturated carbocycles. The first kappa shape index (κ1) is 19.2. The largest absolute Gasteiger partial charge is 0.334 e. The predicted octanol–water partition coefficient (Wildman–Crippen LogP) is 3.50. The van der Waals surface area contributed by atoms with Gasteiger partial charge >= 0.3 is 6.03 Å². The van der Waals surface area contributed by atoms with Crippen molar-refractivity contribution in [3.63, 3.8) is 0 Å². The highest BCUT2D eigenvalue weighted by Gasteiger charge is 2.42. The van der Waals surface area contributed by atoms with Crippen molar-refractivity contribution >= 4 is 23.2 Å². The van der Waals surface area contributed by atoms with E-state index in [9.17, 15) is 18.4 Å². The molecule has 1 N–H and O–H groups in total. The Morgan fingerprint density at radius 3 is 2.65 bits per heavy atom. The standard InChI is InChI=1S/C23H18F2N4O2/c24-19-5-6-20-18(22(19)25)11-28(23(31)27-20)12-21(30)29-10-15-7-16(29)8-17(15)14-3-1-13(9-26)2-4-14/h1-6,8,15-16H,7,10-12H2,(H,27,31)/t15-,16-/m1/s1. The van der Waals surface area contributed by atoms with Crippen molar-refractivity contribution in [1.29, 1.82) is 5.26 Å². The van der Waals surface area contributed by atoms with Gasteiger partial charge in [-0.05, 0) is 41.8 Å². The average molecular weight is 420 g/mol. The Labute approximate surface area is 177 Å². The van der Waals surface area contributed by atoms with Gasteiger partial charge < -0.3 is 15.1 Å². The van der Waals surface area contributed by atoms with E-state index >= 15 is 0 Å². The normalized spacial score (nSPS) is 21.5. The topological polar surface area (TPSA) is 76.4 Å². The molecule has 1 saturated heterocycles.